The number of nitrogens with one attached hydrogen (secondary N) is 1. The van der Waals surface area contributed by atoms with E-state index in [-0.39, 0.29) is 17.7 Å². The van der Waals surface area contributed by atoms with Crippen molar-refractivity contribution in [3.63, 3.8) is 0 Å². The Labute approximate surface area is 118 Å². The Morgan fingerprint density at radius 2 is 1.85 bits per heavy atom. The van der Waals surface area contributed by atoms with Crippen molar-refractivity contribution in [3.05, 3.63) is 59.2 Å². The molecule has 1 unspecified atom stereocenters. The molecular formula is C16H18N2O2. The summed E-state index contributed by atoms with van der Waals surface area (Å²) < 4.78 is 0. The summed E-state index contributed by atoms with van der Waals surface area (Å²) in [4.78, 5) is 12.0. The Kier molecular flexibility index (Phi) is 4.05. The van der Waals surface area contributed by atoms with E-state index in [0.29, 0.717) is 11.3 Å². The number of phenols is 1. The van der Waals surface area contributed by atoms with Gasteiger partial charge in [-0.3, -0.25) is 4.79 Å². The number of amides is 1. The molecule has 0 radical (unpaired) electrons. The largest absolute Gasteiger partial charge is 0.508 e. The molecule has 4 heteroatoms. The summed E-state index contributed by atoms with van der Waals surface area (Å²) in [5, 5.41) is 12.4. The van der Waals surface area contributed by atoms with Crippen LogP contribution in [0.2, 0.25) is 0 Å². The third-order valence-electron chi connectivity index (χ3n) is 3.17. The van der Waals surface area contributed by atoms with E-state index in [1.54, 1.807) is 19.1 Å². The molecule has 0 fully saturated rings. The van der Waals surface area contributed by atoms with Crippen molar-refractivity contribution in [2.45, 2.75) is 19.9 Å². The summed E-state index contributed by atoms with van der Waals surface area (Å²) in [6.07, 6.45) is 0. The molecule has 0 aliphatic rings. The van der Waals surface area contributed by atoms with E-state index >= 15 is 0 Å². The lowest BCUT2D eigenvalue weighted by Crippen LogP contribution is -2.12. The molecule has 104 valence electrons. The monoisotopic (exact) mass is 270 g/mol. The van der Waals surface area contributed by atoms with E-state index in [2.05, 4.69) is 5.32 Å². The first-order valence-corrected chi connectivity index (χ1v) is 6.44. The summed E-state index contributed by atoms with van der Waals surface area (Å²) in [7, 11) is 0. The van der Waals surface area contributed by atoms with Gasteiger partial charge in [0.15, 0.2) is 0 Å². The average molecular weight is 270 g/mol. The van der Waals surface area contributed by atoms with Gasteiger partial charge in [-0.1, -0.05) is 18.2 Å². The maximum atomic E-state index is 12.0. The van der Waals surface area contributed by atoms with Crippen LogP contribution >= 0.6 is 0 Å². The van der Waals surface area contributed by atoms with Gasteiger partial charge in [0.1, 0.15) is 5.75 Å². The normalized spacial score (nSPS) is 11.9. The van der Waals surface area contributed by atoms with Gasteiger partial charge in [-0.05, 0) is 49.2 Å². The maximum Gasteiger partial charge on any atom is 0.255 e. The Bertz CT molecular complexity index is 619. The van der Waals surface area contributed by atoms with Crippen molar-refractivity contribution in [2.75, 3.05) is 5.32 Å². The number of hydrogen-bond acceptors (Lipinski definition) is 3. The van der Waals surface area contributed by atoms with E-state index in [1.807, 2.05) is 31.2 Å². The van der Waals surface area contributed by atoms with Crippen LogP contribution in [0.4, 0.5) is 5.69 Å². The number of nitrogens with two attached hydrogens (primary N) is 1. The number of benzene rings is 2. The van der Waals surface area contributed by atoms with Crippen molar-refractivity contribution in [1.82, 2.24) is 0 Å². The summed E-state index contributed by atoms with van der Waals surface area (Å²) in [5.74, 6) is -0.140. The first kappa shape index (κ1) is 14.1. The Balaban J connectivity index is 2.12. The second-order valence-corrected chi connectivity index (χ2v) is 4.87. The quantitative estimate of drug-likeness (QED) is 0.802. The zero-order valence-electron chi connectivity index (χ0n) is 11.6. The molecule has 0 heterocycles. The second kappa shape index (κ2) is 5.75. The highest BCUT2D eigenvalue weighted by molar-refractivity contribution is 6.04. The Morgan fingerprint density at radius 3 is 2.40 bits per heavy atom. The van der Waals surface area contributed by atoms with E-state index < -0.39 is 0 Å². The second-order valence-electron chi connectivity index (χ2n) is 4.87. The van der Waals surface area contributed by atoms with Gasteiger partial charge in [0.25, 0.3) is 5.91 Å². The first-order valence-electron chi connectivity index (χ1n) is 6.44. The summed E-state index contributed by atoms with van der Waals surface area (Å²) in [6.45, 7) is 3.69. The van der Waals surface area contributed by atoms with Crippen molar-refractivity contribution < 1.29 is 9.90 Å². The molecule has 1 amide bonds. The minimum Gasteiger partial charge on any atom is -0.508 e. The van der Waals surface area contributed by atoms with Gasteiger partial charge >= 0.3 is 0 Å². The third-order valence-corrected chi connectivity index (χ3v) is 3.17. The van der Waals surface area contributed by atoms with Crippen LogP contribution in [0.25, 0.3) is 0 Å². The molecule has 1 atom stereocenters. The Morgan fingerprint density at radius 1 is 1.20 bits per heavy atom. The van der Waals surface area contributed by atoms with Crippen LogP contribution in [-0.2, 0) is 0 Å². The number of phenolic OH excluding ortho intramolecular Hbond substituents is 1. The zero-order valence-corrected chi connectivity index (χ0v) is 11.6. The van der Waals surface area contributed by atoms with Gasteiger partial charge in [-0.25, -0.2) is 0 Å². The summed E-state index contributed by atoms with van der Waals surface area (Å²) in [6, 6.07) is 12.2. The molecule has 0 aromatic heterocycles. The van der Waals surface area contributed by atoms with Crippen LogP contribution in [0.15, 0.2) is 42.5 Å². The third kappa shape index (κ3) is 3.16. The van der Waals surface area contributed by atoms with E-state index in [0.717, 1.165) is 11.1 Å². The first-order chi connectivity index (χ1) is 9.47. The molecule has 0 bridgehead atoms. The van der Waals surface area contributed by atoms with Crippen molar-refractivity contribution >= 4 is 11.6 Å². The van der Waals surface area contributed by atoms with Crippen LogP contribution in [0.5, 0.6) is 5.75 Å². The lowest BCUT2D eigenvalue weighted by Gasteiger charge is -2.09. The number of anilines is 1. The molecule has 4 N–H and O–H groups in total. The van der Waals surface area contributed by atoms with E-state index in [9.17, 15) is 9.90 Å². The molecular weight excluding hydrogens is 252 g/mol. The van der Waals surface area contributed by atoms with Gasteiger partial charge in [0.05, 0.1) is 0 Å². The van der Waals surface area contributed by atoms with E-state index in [1.165, 1.54) is 6.07 Å². The number of rotatable bonds is 3. The van der Waals surface area contributed by atoms with Crippen LogP contribution in [-0.4, -0.2) is 11.0 Å². The smallest absolute Gasteiger partial charge is 0.255 e. The van der Waals surface area contributed by atoms with Crippen molar-refractivity contribution in [2.24, 2.45) is 5.73 Å². The fraction of sp³-hybridized carbons (Fsp3) is 0.188. The number of aromatic hydroxyl groups is 1. The number of carbonyl (C=O) groups is 1. The topological polar surface area (TPSA) is 75.4 Å². The van der Waals surface area contributed by atoms with Gasteiger partial charge < -0.3 is 16.2 Å². The van der Waals surface area contributed by atoms with Gasteiger partial charge in [-0.15, -0.1) is 0 Å². The van der Waals surface area contributed by atoms with Crippen molar-refractivity contribution in [1.29, 1.82) is 0 Å². The average Bonchev–Trinajstić information content (AvgIpc) is 2.42. The van der Waals surface area contributed by atoms with Gasteiger partial charge in [0.2, 0.25) is 0 Å². The zero-order chi connectivity index (χ0) is 14.7. The van der Waals surface area contributed by atoms with Gasteiger partial charge in [0, 0.05) is 17.3 Å². The van der Waals surface area contributed by atoms with Crippen LogP contribution in [0, 0.1) is 6.92 Å². The van der Waals surface area contributed by atoms with Crippen LogP contribution in [0.1, 0.15) is 34.5 Å². The standard InChI is InChI=1S/C16H18N2O2/c1-10-3-4-13(9-15(10)19)16(20)18-14-7-5-12(6-8-14)11(2)17/h3-9,11,19H,17H2,1-2H3,(H,18,20). The highest BCUT2D eigenvalue weighted by atomic mass is 16.3. The maximum absolute atomic E-state index is 12.0. The van der Waals surface area contributed by atoms with Gasteiger partial charge in [-0.2, -0.15) is 0 Å². The molecule has 4 nitrogen and oxygen atoms in total. The van der Waals surface area contributed by atoms with E-state index in [4.69, 9.17) is 5.73 Å². The molecule has 2 rings (SSSR count). The van der Waals surface area contributed by atoms with Crippen LogP contribution < -0.4 is 11.1 Å². The molecule has 20 heavy (non-hydrogen) atoms. The molecule has 2 aromatic rings. The highest BCUT2D eigenvalue weighted by Gasteiger charge is 2.08. The molecule has 0 aliphatic heterocycles. The number of carbonyl (C=O) groups excluding carboxylic acids is 1. The molecule has 2 aromatic carbocycles. The predicted octanol–water partition coefficient (Wildman–Crippen LogP) is 2.97. The molecule has 0 saturated carbocycles. The SMILES string of the molecule is Cc1ccc(C(=O)Nc2ccc(C(C)N)cc2)cc1O. The number of hydrogen-bond donors (Lipinski definition) is 3. The minimum atomic E-state index is -0.256. The highest BCUT2D eigenvalue weighted by Crippen LogP contribution is 2.19. The molecule has 0 aliphatic carbocycles. The fourth-order valence-electron chi connectivity index (χ4n) is 1.82. The fourth-order valence-corrected chi connectivity index (χ4v) is 1.82. The lowest BCUT2D eigenvalue weighted by atomic mass is 10.1. The number of aryl methyl sites for hydroxylation is 1. The Hall–Kier alpha value is -2.33. The summed E-state index contributed by atoms with van der Waals surface area (Å²) in [5.41, 5.74) is 8.64. The molecule has 0 saturated heterocycles. The lowest BCUT2D eigenvalue weighted by molar-refractivity contribution is 0.102. The predicted molar refractivity (Wildman–Crippen MR) is 79.8 cm³/mol. The van der Waals surface area contributed by atoms with Crippen LogP contribution in [0.3, 0.4) is 0 Å². The molecule has 0 spiro atoms. The summed E-state index contributed by atoms with van der Waals surface area (Å²) >= 11 is 0. The van der Waals surface area contributed by atoms with Crippen molar-refractivity contribution in [3.8, 4) is 5.75 Å². The minimum absolute atomic E-state index is 0.0335.